The van der Waals surface area contributed by atoms with Gasteiger partial charge in [-0.25, -0.2) is 4.98 Å². The molecule has 0 aliphatic heterocycles. The van der Waals surface area contributed by atoms with Crippen LogP contribution < -0.4 is 5.73 Å². The molecule has 1 aromatic heterocycles. The second kappa shape index (κ2) is 4.57. The summed E-state index contributed by atoms with van der Waals surface area (Å²) in [5.41, 5.74) is 7.06. The van der Waals surface area contributed by atoms with Crippen LogP contribution in [0.3, 0.4) is 0 Å². The van der Waals surface area contributed by atoms with E-state index in [2.05, 4.69) is 32.3 Å². The molecule has 1 saturated carbocycles. The van der Waals surface area contributed by atoms with Gasteiger partial charge in [0.15, 0.2) is 0 Å². The van der Waals surface area contributed by atoms with Crippen LogP contribution in [0.25, 0.3) is 0 Å². The summed E-state index contributed by atoms with van der Waals surface area (Å²) in [5.74, 6) is 2.37. The molecular weight excluding hydrogens is 226 g/mol. The number of methoxy groups -OCH3 is 1. The molecule has 1 heterocycles. The van der Waals surface area contributed by atoms with Crippen molar-refractivity contribution in [3.05, 3.63) is 11.5 Å². The zero-order valence-electron chi connectivity index (χ0n) is 12.2. The summed E-state index contributed by atoms with van der Waals surface area (Å²) in [5, 5.41) is 0. The topological polar surface area (TPSA) is 53.1 Å². The first-order valence-corrected chi connectivity index (χ1v) is 6.77. The molecule has 102 valence electrons. The van der Waals surface area contributed by atoms with Crippen LogP contribution in [0.5, 0.6) is 0 Å². The second-order valence-corrected chi connectivity index (χ2v) is 6.20. The maximum atomic E-state index is 6.29. The van der Waals surface area contributed by atoms with Gasteiger partial charge in [-0.3, -0.25) is 0 Å². The van der Waals surface area contributed by atoms with Gasteiger partial charge in [-0.15, -0.1) is 0 Å². The minimum atomic E-state index is -0.217. The predicted molar refractivity (Wildman–Crippen MR) is 73.8 cm³/mol. The Bertz CT molecular complexity index is 430. The third-order valence-corrected chi connectivity index (χ3v) is 3.63. The summed E-state index contributed by atoms with van der Waals surface area (Å²) in [4.78, 5) is 4.76. The van der Waals surface area contributed by atoms with E-state index < -0.39 is 0 Å². The molecule has 18 heavy (non-hydrogen) atoms. The molecule has 1 aliphatic carbocycles. The lowest BCUT2D eigenvalue weighted by molar-refractivity contribution is 0.0226. The number of hydrogen-bond donors (Lipinski definition) is 1. The molecule has 4 nitrogen and oxygen atoms in total. The van der Waals surface area contributed by atoms with Gasteiger partial charge < -0.3 is 15.0 Å². The first kappa shape index (κ1) is 13.4. The van der Waals surface area contributed by atoms with Crippen molar-refractivity contribution in [3.63, 3.8) is 0 Å². The summed E-state index contributed by atoms with van der Waals surface area (Å²) >= 11 is 0. The molecule has 4 heteroatoms. The Hall–Kier alpha value is -1.03. The monoisotopic (exact) mass is 251 g/mol. The van der Waals surface area contributed by atoms with Crippen molar-refractivity contribution >= 4 is 5.82 Å². The van der Waals surface area contributed by atoms with Gasteiger partial charge in [-0.2, -0.15) is 0 Å². The smallest absolute Gasteiger partial charge is 0.127 e. The number of hydrogen-bond acceptors (Lipinski definition) is 3. The van der Waals surface area contributed by atoms with Gasteiger partial charge in [0.1, 0.15) is 11.6 Å². The maximum absolute atomic E-state index is 6.29. The lowest BCUT2D eigenvalue weighted by Gasteiger charge is -2.21. The molecule has 1 aromatic rings. The highest BCUT2D eigenvalue weighted by Gasteiger charge is 2.32. The van der Waals surface area contributed by atoms with E-state index in [1.807, 2.05) is 0 Å². The molecule has 0 atom stereocenters. The molecule has 2 N–H and O–H groups in total. The Kier molecular flexibility index (Phi) is 3.41. The van der Waals surface area contributed by atoms with Crippen LogP contribution in [0.2, 0.25) is 0 Å². The second-order valence-electron chi connectivity index (χ2n) is 6.20. The van der Waals surface area contributed by atoms with Crippen LogP contribution in [0.1, 0.15) is 64.0 Å². The van der Waals surface area contributed by atoms with Crippen LogP contribution in [-0.2, 0) is 11.2 Å². The Morgan fingerprint density at radius 1 is 1.44 bits per heavy atom. The van der Waals surface area contributed by atoms with Crippen LogP contribution in [0.4, 0.5) is 5.82 Å². The van der Waals surface area contributed by atoms with Crippen molar-refractivity contribution in [1.29, 1.82) is 0 Å². The lowest BCUT2D eigenvalue weighted by atomic mass is 10.0. The van der Waals surface area contributed by atoms with Crippen LogP contribution in [0, 0.1) is 0 Å². The molecule has 0 unspecified atom stereocenters. The average molecular weight is 251 g/mol. The van der Waals surface area contributed by atoms with Gasteiger partial charge in [0, 0.05) is 25.5 Å². The fourth-order valence-corrected chi connectivity index (χ4v) is 2.24. The van der Waals surface area contributed by atoms with Crippen molar-refractivity contribution in [1.82, 2.24) is 9.55 Å². The number of rotatable bonds is 5. The minimum absolute atomic E-state index is 0.217. The van der Waals surface area contributed by atoms with E-state index in [-0.39, 0.29) is 5.60 Å². The predicted octanol–water partition coefficient (Wildman–Crippen LogP) is 2.89. The molecule has 2 rings (SSSR count). The number of imidazole rings is 1. The van der Waals surface area contributed by atoms with Crippen molar-refractivity contribution < 1.29 is 4.74 Å². The van der Waals surface area contributed by atoms with Crippen LogP contribution in [-0.4, -0.2) is 22.3 Å². The number of anilines is 1. The minimum Gasteiger partial charge on any atom is -0.384 e. The van der Waals surface area contributed by atoms with E-state index in [1.54, 1.807) is 7.11 Å². The summed E-state index contributed by atoms with van der Waals surface area (Å²) in [6.45, 7) is 8.48. The fourth-order valence-electron chi connectivity index (χ4n) is 2.24. The first-order chi connectivity index (χ1) is 8.35. The Balaban J connectivity index is 2.34. The molecule has 1 aliphatic rings. The van der Waals surface area contributed by atoms with Gasteiger partial charge in [-0.1, -0.05) is 13.8 Å². The fraction of sp³-hybridized carbons (Fsp3) is 0.786. The number of nitrogens with two attached hydrogens (primary N) is 1. The van der Waals surface area contributed by atoms with Crippen molar-refractivity contribution in [3.8, 4) is 0 Å². The standard InChI is InChI=1S/C14H25N3O/c1-9(2)13-16-11(8-14(3,4)18-5)12(15)17(13)10-6-7-10/h9-10H,6-8,15H2,1-5H3. The molecule has 0 aromatic carbocycles. The van der Waals surface area contributed by atoms with Crippen LogP contribution >= 0.6 is 0 Å². The first-order valence-electron chi connectivity index (χ1n) is 6.77. The number of nitrogen functional groups attached to an aromatic ring is 1. The quantitative estimate of drug-likeness (QED) is 0.875. The molecule has 1 fully saturated rings. The third kappa shape index (κ3) is 2.53. The highest BCUT2D eigenvalue weighted by Crippen LogP contribution is 2.40. The van der Waals surface area contributed by atoms with E-state index in [4.69, 9.17) is 15.5 Å². The van der Waals surface area contributed by atoms with E-state index in [9.17, 15) is 0 Å². The lowest BCUT2D eigenvalue weighted by Crippen LogP contribution is -2.26. The van der Waals surface area contributed by atoms with Gasteiger partial charge in [-0.05, 0) is 26.7 Å². The highest BCUT2D eigenvalue weighted by atomic mass is 16.5. The van der Waals surface area contributed by atoms with E-state index in [0.717, 1.165) is 23.8 Å². The van der Waals surface area contributed by atoms with Crippen molar-refractivity contribution in [2.45, 2.75) is 64.5 Å². The summed E-state index contributed by atoms with van der Waals surface area (Å²) < 4.78 is 7.72. The number of nitrogens with zero attached hydrogens (tertiary/aromatic N) is 2. The summed E-state index contributed by atoms with van der Waals surface area (Å²) in [6.07, 6.45) is 3.22. The van der Waals surface area contributed by atoms with Crippen LogP contribution in [0.15, 0.2) is 0 Å². The number of aromatic nitrogens is 2. The van der Waals surface area contributed by atoms with Gasteiger partial charge >= 0.3 is 0 Å². The number of ether oxygens (including phenoxy) is 1. The van der Waals surface area contributed by atoms with Gasteiger partial charge in [0.25, 0.3) is 0 Å². The molecular formula is C14H25N3O. The third-order valence-electron chi connectivity index (χ3n) is 3.63. The molecule has 0 spiro atoms. The Morgan fingerprint density at radius 2 is 2.06 bits per heavy atom. The maximum Gasteiger partial charge on any atom is 0.127 e. The van der Waals surface area contributed by atoms with Crippen molar-refractivity contribution in [2.24, 2.45) is 0 Å². The summed E-state index contributed by atoms with van der Waals surface area (Å²) in [6, 6.07) is 0.578. The zero-order valence-corrected chi connectivity index (χ0v) is 12.2. The Morgan fingerprint density at radius 3 is 2.50 bits per heavy atom. The SMILES string of the molecule is COC(C)(C)Cc1nc(C(C)C)n(C2CC2)c1N. The van der Waals surface area contributed by atoms with Gasteiger partial charge in [0.05, 0.1) is 11.3 Å². The van der Waals surface area contributed by atoms with E-state index in [1.165, 1.54) is 12.8 Å². The van der Waals surface area contributed by atoms with Gasteiger partial charge in [0.2, 0.25) is 0 Å². The largest absolute Gasteiger partial charge is 0.384 e. The summed E-state index contributed by atoms with van der Waals surface area (Å²) in [7, 11) is 1.73. The highest BCUT2D eigenvalue weighted by molar-refractivity contribution is 5.41. The van der Waals surface area contributed by atoms with E-state index in [0.29, 0.717) is 12.0 Å². The molecule has 0 radical (unpaired) electrons. The molecule has 0 amide bonds. The zero-order chi connectivity index (χ0) is 13.5. The Labute approximate surface area is 110 Å². The average Bonchev–Trinajstić information content (AvgIpc) is 3.06. The normalized spacial score (nSPS) is 16.6. The van der Waals surface area contributed by atoms with Crippen molar-refractivity contribution in [2.75, 3.05) is 12.8 Å². The molecule has 0 saturated heterocycles. The van der Waals surface area contributed by atoms with E-state index >= 15 is 0 Å². The molecule has 0 bridgehead atoms.